The van der Waals surface area contributed by atoms with Gasteiger partial charge in [0.15, 0.2) is 4.08 Å². The molecule has 0 saturated heterocycles. The Morgan fingerprint density at radius 3 is 2.20 bits per heavy atom. The van der Waals surface area contributed by atoms with Crippen molar-refractivity contribution in [2.45, 2.75) is 96.0 Å². The highest BCUT2D eigenvalue weighted by Gasteiger charge is 2.43. The Hall–Kier alpha value is -2.63. The third kappa shape index (κ3) is 9.68. The number of aromatic nitrogens is 1. The highest BCUT2D eigenvalue weighted by atomic mass is 32.2. The molecule has 11 heteroatoms. The lowest BCUT2D eigenvalue weighted by molar-refractivity contribution is -0.141. The summed E-state index contributed by atoms with van der Waals surface area (Å²) in [5.74, 6) is 1.29. The Morgan fingerprint density at radius 1 is 0.956 bits per heavy atom. The van der Waals surface area contributed by atoms with Crippen molar-refractivity contribution in [1.82, 2.24) is 9.47 Å². The van der Waals surface area contributed by atoms with Gasteiger partial charge in [-0.05, 0) is 90.0 Å². The zero-order chi connectivity index (χ0) is 33.4. The number of carbonyl (C=O) groups excluding carboxylic acids is 3. The molecule has 2 aromatic rings. The Labute approximate surface area is 276 Å². The number of benzene rings is 1. The summed E-state index contributed by atoms with van der Waals surface area (Å²) in [5, 5.41) is 1.04. The van der Waals surface area contributed by atoms with Gasteiger partial charge in [0.05, 0.1) is 24.4 Å². The van der Waals surface area contributed by atoms with E-state index < -0.39 is 27.5 Å². The molecule has 3 rings (SSSR count). The molecule has 1 aliphatic rings. The Kier molecular flexibility index (Phi) is 12.9. The fourth-order valence-corrected chi connectivity index (χ4v) is 8.49. The number of hydrogen-bond donors (Lipinski definition) is 0. The fraction of sp³-hybridized carbons (Fsp3) is 0.618. The van der Waals surface area contributed by atoms with E-state index >= 15 is 0 Å². The van der Waals surface area contributed by atoms with Gasteiger partial charge in [0, 0.05) is 18.5 Å². The number of rotatable bonds is 12. The second-order valence-corrected chi connectivity index (χ2v) is 16.2. The van der Waals surface area contributed by atoms with Gasteiger partial charge in [-0.2, -0.15) is 0 Å². The van der Waals surface area contributed by atoms with Gasteiger partial charge in [0.25, 0.3) is 0 Å². The van der Waals surface area contributed by atoms with Crippen molar-refractivity contribution < 1.29 is 33.3 Å². The first-order chi connectivity index (χ1) is 21.2. The van der Waals surface area contributed by atoms with Crippen LogP contribution in [0.1, 0.15) is 85.5 Å². The third-order valence-electron chi connectivity index (χ3n) is 7.19. The third-order valence-corrected chi connectivity index (χ3v) is 10.2. The van der Waals surface area contributed by atoms with E-state index in [9.17, 15) is 14.4 Å². The van der Waals surface area contributed by atoms with E-state index in [2.05, 4.69) is 11.0 Å². The normalized spacial score (nSPS) is 16.1. The van der Waals surface area contributed by atoms with Crippen molar-refractivity contribution in [3.8, 4) is 0 Å². The largest absolute Gasteiger partial charge is 0.509 e. The lowest BCUT2D eigenvalue weighted by Gasteiger charge is -2.38. The van der Waals surface area contributed by atoms with Crippen LogP contribution >= 0.6 is 23.5 Å². The van der Waals surface area contributed by atoms with Crippen LogP contribution in [0.2, 0.25) is 0 Å². The number of carbonyl (C=O) groups is 3. The summed E-state index contributed by atoms with van der Waals surface area (Å²) < 4.78 is 22.7. The van der Waals surface area contributed by atoms with Gasteiger partial charge in [-0.25, -0.2) is 19.0 Å². The van der Waals surface area contributed by atoms with Crippen molar-refractivity contribution in [3.05, 3.63) is 47.7 Å². The monoisotopic (exact) mass is 662 g/mol. The van der Waals surface area contributed by atoms with E-state index in [1.165, 1.54) is 7.11 Å². The first-order valence-electron chi connectivity index (χ1n) is 15.6. The molecule has 250 valence electrons. The molecular formula is C34H50N2O7S2. The zero-order valence-corrected chi connectivity index (χ0v) is 29.9. The van der Waals surface area contributed by atoms with Crippen LogP contribution in [0.5, 0.6) is 0 Å². The number of nitrogens with zero attached hydrogens (tertiary/aromatic N) is 2. The predicted molar refractivity (Wildman–Crippen MR) is 183 cm³/mol. The second-order valence-electron chi connectivity index (χ2n) is 12.9. The predicted octanol–water partition coefficient (Wildman–Crippen LogP) is 7.99. The van der Waals surface area contributed by atoms with Crippen LogP contribution in [-0.2, 0) is 30.2 Å². The van der Waals surface area contributed by atoms with Gasteiger partial charge in [-0.15, -0.1) is 23.5 Å². The number of methoxy groups -OCH3 is 1. The molecule has 0 unspecified atom stereocenters. The summed E-state index contributed by atoms with van der Waals surface area (Å²) in [5.41, 5.74) is 1.54. The number of thioether (sulfide) groups is 2. The standard InChI is InChI=1S/C34H50N2O7S2/c1-10-44-34(45-11-2,29(37)40-9)20-18-27-28-25(19-22-35(27)21-14-15-23-41-31(39)43-33(6,7)8)24-16-12-13-17-26(24)36(28)30(38)42-32(3,4)5/h12-17,27H,10-11,18-23H2,1-9H3/b15-14+/t27-/m0/s1. The number of ether oxygens (including phenoxy) is 4. The van der Waals surface area contributed by atoms with Crippen LogP contribution in [-0.4, -0.2) is 81.3 Å². The van der Waals surface area contributed by atoms with Crippen LogP contribution in [0.25, 0.3) is 10.9 Å². The van der Waals surface area contributed by atoms with Gasteiger partial charge >= 0.3 is 18.2 Å². The molecule has 1 aliphatic heterocycles. The van der Waals surface area contributed by atoms with Crippen LogP contribution < -0.4 is 0 Å². The summed E-state index contributed by atoms with van der Waals surface area (Å²) in [6.07, 6.45) is 4.56. The van der Waals surface area contributed by atoms with Crippen molar-refractivity contribution >= 4 is 52.6 Å². The van der Waals surface area contributed by atoms with Crippen LogP contribution in [0.4, 0.5) is 9.59 Å². The second kappa shape index (κ2) is 15.8. The van der Waals surface area contributed by atoms with Gasteiger partial charge in [0.1, 0.15) is 17.8 Å². The minimum Gasteiger partial charge on any atom is -0.467 e. The number of para-hydroxylation sites is 1. The molecule has 9 nitrogen and oxygen atoms in total. The molecule has 0 saturated carbocycles. The molecule has 45 heavy (non-hydrogen) atoms. The zero-order valence-electron chi connectivity index (χ0n) is 28.3. The average molecular weight is 663 g/mol. The summed E-state index contributed by atoms with van der Waals surface area (Å²) in [6, 6.07) is 7.77. The fourth-order valence-electron chi connectivity index (χ4n) is 5.59. The maximum Gasteiger partial charge on any atom is 0.509 e. The SMILES string of the molecule is CCSC(CC[C@H]1c2c(c3ccccc3n2C(=O)OC(C)(C)C)CCN1C/C=C/COC(=O)OC(C)(C)C)(SCC)C(=O)OC. The summed E-state index contributed by atoms with van der Waals surface area (Å²) in [4.78, 5) is 41.4. The molecule has 1 aromatic carbocycles. The average Bonchev–Trinajstić information content (AvgIpc) is 3.28. The molecule has 0 fully saturated rings. The molecule has 0 spiro atoms. The Bertz CT molecular complexity index is 1350. The quantitative estimate of drug-likeness (QED) is 0.0963. The van der Waals surface area contributed by atoms with Crippen LogP contribution in [0.3, 0.4) is 0 Å². The molecule has 1 aromatic heterocycles. The molecule has 0 bridgehead atoms. The van der Waals surface area contributed by atoms with E-state index in [1.54, 1.807) is 54.9 Å². The van der Waals surface area contributed by atoms with E-state index in [-0.39, 0.29) is 18.6 Å². The van der Waals surface area contributed by atoms with Crippen molar-refractivity contribution in [3.63, 3.8) is 0 Å². The molecule has 0 N–H and O–H groups in total. The van der Waals surface area contributed by atoms with Gasteiger partial charge in [-0.1, -0.05) is 38.1 Å². The maximum absolute atomic E-state index is 13.8. The molecule has 1 atom stereocenters. The summed E-state index contributed by atoms with van der Waals surface area (Å²) >= 11 is 3.21. The molecule has 0 radical (unpaired) electrons. The Morgan fingerprint density at radius 2 is 1.60 bits per heavy atom. The van der Waals surface area contributed by atoms with Crippen molar-refractivity contribution in [2.75, 3.05) is 38.3 Å². The number of fused-ring (bicyclic) bond motifs is 3. The van der Waals surface area contributed by atoms with Crippen molar-refractivity contribution in [2.24, 2.45) is 0 Å². The van der Waals surface area contributed by atoms with E-state index in [1.807, 2.05) is 58.9 Å². The molecule has 0 amide bonds. The lowest BCUT2D eigenvalue weighted by Crippen LogP contribution is -2.40. The molecular weight excluding hydrogens is 613 g/mol. The van der Waals surface area contributed by atoms with E-state index in [0.29, 0.717) is 19.4 Å². The highest BCUT2D eigenvalue weighted by molar-refractivity contribution is 8.19. The first-order valence-corrected chi connectivity index (χ1v) is 17.6. The highest BCUT2D eigenvalue weighted by Crippen LogP contribution is 2.46. The van der Waals surface area contributed by atoms with Crippen molar-refractivity contribution in [1.29, 1.82) is 0 Å². The topological polar surface area (TPSA) is 96.3 Å². The summed E-state index contributed by atoms with van der Waals surface area (Å²) in [7, 11) is 1.44. The smallest absolute Gasteiger partial charge is 0.467 e. The van der Waals surface area contributed by atoms with E-state index in [4.69, 9.17) is 18.9 Å². The van der Waals surface area contributed by atoms with Gasteiger partial charge in [-0.3, -0.25) is 4.90 Å². The molecule has 0 aliphatic carbocycles. The molecule has 2 heterocycles. The lowest BCUT2D eigenvalue weighted by atomic mass is 9.93. The Balaban J connectivity index is 2.02. The maximum atomic E-state index is 13.8. The first kappa shape index (κ1) is 36.8. The van der Waals surface area contributed by atoms with Crippen LogP contribution in [0.15, 0.2) is 36.4 Å². The van der Waals surface area contributed by atoms with Crippen LogP contribution in [0, 0.1) is 0 Å². The number of hydrogen-bond acceptors (Lipinski definition) is 10. The van der Waals surface area contributed by atoms with Gasteiger partial charge in [0.2, 0.25) is 0 Å². The minimum atomic E-state index is -0.763. The van der Waals surface area contributed by atoms with E-state index in [0.717, 1.165) is 46.6 Å². The number of esters is 1. The summed E-state index contributed by atoms with van der Waals surface area (Å²) in [6.45, 7) is 16.5. The minimum absolute atomic E-state index is 0.0859. The van der Waals surface area contributed by atoms with Gasteiger partial charge < -0.3 is 18.9 Å².